The Kier molecular flexibility index (Phi) is 5.50. The van der Waals surface area contributed by atoms with Crippen molar-refractivity contribution in [2.75, 3.05) is 18.2 Å². The van der Waals surface area contributed by atoms with Gasteiger partial charge in [-0.15, -0.1) is 11.8 Å². The van der Waals surface area contributed by atoms with Gasteiger partial charge in [-0.3, -0.25) is 9.59 Å². The van der Waals surface area contributed by atoms with Crippen LogP contribution in [0.15, 0.2) is 29.4 Å². The third-order valence-corrected chi connectivity index (χ3v) is 7.01. The van der Waals surface area contributed by atoms with Crippen molar-refractivity contribution in [1.29, 1.82) is 0 Å². The molecule has 0 radical (unpaired) electrons. The molecule has 2 aliphatic heterocycles. The van der Waals surface area contributed by atoms with Crippen molar-refractivity contribution in [2.24, 2.45) is 17.0 Å². The Labute approximate surface area is 163 Å². The Hall–Kier alpha value is -1.86. The van der Waals surface area contributed by atoms with Gasteiger partial charge in [-0.1, -0.05) is 29.4 Å². The van der Waals surface area contributed by atoms with Gasteiger partial charge in [-0.25, -0.2) is 0 Å². The van der Waals surface area contributed by atoms with Gasteiger partial charge < -0.3 is 15.4 Å². The van der Waals surface area contributed by atoms with Crippen LogP contribution < -0.4 is 5.32 Å². The topological polar surface area (TPSA) is 82.0 Å². The van der Waals surface area contributed by atoms with Crippen LogP contribution in [0.4, 0.5) is 0 Å². The molecule has 3 aliphatic rings. The Balaban J connectivity index is 1.39. The summed E-state index contributed by atoms with van der Waals surface area (Å²) in [6.07, 6.45) is 4.58. The molecule has 2 heterocycles. The highest BCUT2D eigenvalue weighted by Crippen LogP contribution is 2.32. The second-order valence-electron chi connectivity index (χ2n) is 7.68. The summed E-state index contributed by atoms with van der Waals surface area (Å²) >= 11 is 1.64. The number of amides is 1. The number of Topliss-reactive ketones (excluding diaryl/α,β-unsaturated/α-hetero) is 1. The van der Waals surface area contributed by atoms with Gasteiger partial charge >= 0.3 is 0 Å². The second kappa shape index (κ2) is 8.02. The lowest BCUT2D eigenvalue weighted by molar-refractivity contribution is -0.137. The van der Waals surface area contributed by atoms with E-state index in [0.29, 0.717) is 31.2 Å². The van der Waals surface area contributed by atoms with E-state index in [9.17, 15) is 9.59 Å². The molecule has 144 valence electrons. The van der Waals surface area contributed by atoms with Gasteiger partial charge in [-0.2, -0.15) is 0 Å². The predicted molar refractivity (Wildman–Crippen MR) is 105 cm³/mol. The minimum absolute atomic E-state index is 0.0459. The lowest BCUT2D eigenvalue weighted by Gasteiger charge is -2.27. The maximum absolute atomic E-state index is 13.0. The number of rotatable bonds is 5. The van der Waals surface area contributed by atoms with E-state index >= 15 is 0 Å². The molecule has 0 spiro atoms. The molecule has 3 atom stereocenters. The average Bonchev–Trinajstić information content (AvgIpc) is 3.40. The van der Waals surface area contributed by atoms with Crippen molar-refractivity contribution < 1.29 is 14.8 Å². The second-order valence-corrected chi connectivity index (χ2v) is 8.68. The van der Waals surface area contributed by atoms with E-state index < -0.39 is 6.04 Å². The van der Waals surface area contributed by atoms with Crippen LogP contribution in [0.25, 0.3) is 0 Å². The number of oxime groups is 1. The normalized spacial score (nSPS) is 28.1. The molecule has 7 heteroatoms. The monoisotopic (exact) mass is 387 g/mol. The van der Waals surface area contributed by atoms with Crippen molar-refractivity contribution >= 4 is 29.7 Å². The van der Waals surface area contributed by atoms with Crippen LogP contribution in [0, 0.1) is 11.8 Å². The minimum atomic E-state index is -0.449. The third-order valence-electron chi connectivity index (χ3n) is 5.97. The number of ketones is 1. The zero-order chi connectivity index (χ0) is 18.8. The number of fused-ring (bicyclic) bond motifs is 1. The zero-order valence-corrected chi connectivity index (χ0v) is 16.0. The maximum atomic E-state index is 13.0. The number of thioether (sulfide) groups is 1. The lowest BCUT2D eigenvalue weighted by atomic mass is 9.87. The molecular weight excluding hydrogens is 362 g/mol. The molecule has 2 saturated heterocycles. The number of nitrogens with zero attached hydrogens (tertiary/aromatic N) is 2. The first-order chi connectivity index (χ1) is 13.2. The van der Waals surface area contributed by atoms with E-state index in [1.54, 1.807) is 16.7 Å². The molecule has 0 aromatic heterocycles. The Bertz CT molecular complexity index is 729. The molecule has 0 saturated carbocycles. The van der Waals surface area contributed by atoms with E-state index in [1.807, 2.05) is 0 Å². The van der Waals surface area contributed by atoms with Gasteiger partial charge in [0.15, 0.2) is 0 Å². The van der Waals surface area contributed by atoms with E-state index in [1.165, 1.54) is 17.3 Å². The first kappa shape index (κ1) is 18.5. The average molecular weight is 388 g/mol. The van der Waals surface area contributed by atoms with Crippen LogP contribution in [0.1, 0.15) is 24.0 Å². The van der Waals surface area contributed by atoms with Crippen LogP contribution in [0.5, 0.6) is 0 Å². The Morgan fingerprint density at radius 3 is 2.74 bits per heavy atom. The number of benzene rings is 1. The number of carbonyl (C=O) groups is 2. The molecule has 2 N–H and O–H groups in total. The summed E-state index contributed by atoms with van der Waals surface area (Å²) in [6.45, 7) is 0.692. The molecule has 6 nitrogen and oxygen atoms in total. The lowest BCUT2D eigenvalue weighted by Crippen LogP contribution is -2.50. The number of hydrogen-bond acceptors (Lipinski definition) is 6. The van der Waals surface area contributed by atoms with Gasteiger partial charge in [0.1, 0.15) is 5.78 Å². The smallest absolute Gasteiger partial charge is 0.241 e. The van der Waals surface area contributed by atoms with E-state index in [0.717, 1.165) is 18.6 Å². The summed E-state index contributed by atoms with van der Waals surface area (Å²) in [5, 5.41) is 15.2. The summed E-state index contributed by atoms with van der Waals surface area (Å²) < 4.78 is 0. The fourth-order valence-corrected chi connectivity index (χ4v) is 5.73. The molecule has 27 heavy (non-hydrogen) atoms. The van der Waals surface area contributed by atoms with Gasteiger partial charge in [0.25, 0.3) is 0 Å². The third kappa shape index (κ3) is 3.75. The minimum Gasteiger partial charge on any atom is -0.411 e. The Morgan fingerprint density at radius 2 is 2.04 bits per heavy atom. The highest BCUT2D eigenvalue weighted by atomic mass is 32.2. The number of carbonyl (C=O) groups excluding carboxylic acids is 2. The van der Waals surface area contributed by atoms with E-state index in [-0.39, 0.29) is 23.7 Å². The van der Waals surface area contributed by atoms with Crippen LogP contribution >= 0.6 is 11.8 Å². The van der Waals surface area contributed by atoms with E-state index in [4.69, 9.17) is 5.21 Å². The largest absolute Gasteiger partial charge is 0.411 e. The van der Waals surface area contributed by atoms with Gasteiger partial charge in [0.2, 0.25) is 5.91 Å². The molecular formula is C20H25N3O3S. The van der Waals surface area contributed by atoms with E-state index in [2.05, 4.69) is 34.7 Å². The molecule has 1 aromatic rings. The highest BCUT2D eigenvalue weighted by molar-refractivity contribution is 7.99. The van der Waals surface area contributed by atoms with Crippen LogP contribution in [-0.2, 0) is 22.4 Å². The molecule has 1 amide bonds. The first-order valence-electron chi connectivity index (χ1n) is 9.56. The summed E-state index contributed by atoms with van der Waals surface area (Å²) in [4.78, 5) is 27.7. The van der Waals surface area contributed by atoms with Crippen LogP contribution in [0.2, 0.25) is 0 Å². The fraction of sp³-hybridized carbons (Fsp3) is 0.550. The van der Waals surface area contributed by atoms with Crippen molar-refractivity contribution in [3.63, 3.8) is 0 Å². The molecule has 1 aromatic carbocycles. The SMILES string of the molecule is O=C(CC1Cc2ccccc2C1)C1CCN[C@H]1C(=O)N1CSC[C@H]1C=NO. The van der Waals surface area contributed by atoms with Crippen molar-refractivity contribution in [3.8, 4) is 0 Å². The standard InChI is InChI=1S/C20H25N3O3S/c24-18(9-13-7-14-3-1-2-4-15(14)8-13)17-5-6-21-19(17)20(25)23-12-27-11-16(23)10-22-26/h1-4,10,13,16-17,19,21,26H,5-9,11-12H2/t16-,17?,19-/m1/s1. The zero-order valence-electron chi connectivity index (χ0n) is 15.2. The molecule has 2 fully saturated rings. The number of hydrogen-bond donors (Lipinski definition) is 2. The van der Waals surface area contributed by atoms with Crippen LogP contribution in [-0.4, -0.2) is 58.3 Å². The van der Waals surface area contributed by atoms with Gasteiger partial charge in [0.05, 0.1) is 24.2 Å². The summed E-state index contributed by atoms with van der Waals surface area (Å²) in [7, 11) is 0. The highest BCUT2D eigenvalue weighted by Gasteiger charge is 2.42. The predicted octanol–water partition coefficient (Wildman–Crippen LogP) is 1.70. The first-order valence-corrected chi connectivity index (χ1v) is 10.7. The fourth-order valence-electron chi connectivity index (χ4n) is 4.60. The van der Waals surface area contributed by atoms with Crippen LogP contribution in [0.3, 0.4) is 0 Å². The quantitative estimate of drug-likeness (QED) is 0.457. The van der Waals surface area contributed by atoms with Crippen molar-refractivity contribution in [2.45, 2.75) is 37.8 Å². The molecule has 0 bridgehead atoms. The van der Waals surface area contributed by atoms with Crippen molar-refractivity contribution in [1.82, 2.24) is 10.2 Å². The van der Waals surface area contributed by atoms with Gasteiger partial charge in [0, 0.05) is 18.1 Å². The molecule has 1 unspecified atom stereocenters. The van der Waals surface area contributed by atoms with Crippen molar-refractivity contribution in [3.05, 3.63) is 35.4 Å². The van der Waals surface area contributed by atoms with Gasteiger partial charge in [-0.05, 0) is 42.9 Å². The molecule has 4 rings (SSSR count). The number of nitrogens with one attached hydrogen (secondary N) is 1. The molecule has 1 aliphatic carbocycles. The summed E-state index contributed by atoms with van der Waals surface area (Å²) in [5.41, 5.74) is 2.71. The summed E-state index contributed by atoms with van der Waals surface area (Å²) in [5.74, 6) is 1.56. The maximum Gasteiger partial charge on any atom is 0.241 e. The Morgan fingerprint density at radius 1 is 1.30 bits per heavy atom. The summed E-state index contributed by atoms with van der Waals surface area (Å²) in [6, 6.07) is 7.76.